The van der Waals surface area contributed by atoms with E-state index in [0.717, 1.165) is 17.9 Å². The van der Waals surface area contributed by atoms with Crippen LogP contribution in [0.15, 0.2) is 48.5 Å². The van der Waals surface area contributed by atoms with E-state index in [1.807, 2.05) is 6.92 Å². The van der Waals surface area contributed by atoms with Crippen LogP contribution in [0.1, 0.15) is 12.5 Å². The Bertz CT molecular complexity index is 732. The first kappa shape index (κ1) is 20.4. The molecule has 8 heteroatoms. The lowest BCUT2D eigenvalue weighted by Gasteiger charge is -2.11. The normalized spacial score (nSPS) is 11.0. The lowest BCUT2D eigenvalue weighted by molar-refractivity contribution is -0.137. The topological polar surface area (TPSA) is 56.8 Å². The number of ether oxygens (including phenoxy) is 3. The molecule has 5 nitrogen and oxygen atoms in total. The summed E-state index contributed by atoms with van der Waals surface area (Å²) in [6.07, 6.45) is -4.46. The van der Waals surface area contributed by atoms with Crippen molar-refractivity contribution in [1.29, 1.82) is 0 Å². The molecule has 0 aromatic heterocycles. The van der Waals surface area contributed by atoms with Crippen molar-refractivity contribution in [2.24, 2.45) is 0 Å². The number of rotatable bonds is 9. The van der Waals surface area contributed by atoms with E-state index < -0.39 is 17.6 Å². The number of hydrogen-bond acceptors (Lipinski definition) is 4. The van der Waals surface area contributed by atoms with Crippen LogP contribution in [0.2, 0.25) is 0 Å². The second-order valence-corrected chi connectivity index (χ2v) is 5.42. The summed E-state index contributed by atoms with van der Waals surface area (Å²) in [6, 6.07) is 11.4. The van der Waals surface area contributed by atoms with Crippen LogP contribution in [-0.2, 0) is 11.0 Å². The van der Waals surface area contributed by atoms with Crippen molar-refractivity contribution in [3.63, 3.8) is 0 Å². The molecule has 0 fully saturated rings. The van der Waals surface area contributed by atoms with Gasteiger partial charge in [-0.1, -0.05) is 6.07 Å². The summed E-state index contributed by atoms with van der Waals surface area (Å²) in [5, 5.41) is 2.56. The highest BCUT2D eigenvalue weighted by Crippen LogP contribution is 2.31. The molecule has 0 aliphatic rings. The van der Waals surface area contributed by atoms with Crippen molar-refractivity contribution in [3.05, 3.63) is 54.1 Å². The summed E-state index contributed by atoms with van der Waals surface area (Å²) < 4.78 is 53.7. The molecule has 0 radical (unpaired) electrons. The Kier molecular flexibility index (Phi) is 7.34. The maximum Gasteiger partial charge on any atom is 0.416 e. The van der Waals surface area contributed by atoms with Gasteiger partial charge in [0, 0.05) is 0 Å². The van der Waals surface area contributed by atoms with Crippen LogP contribution in [-0.4, -0.2) is 32.3 Å². The van der Waals surface area contributed by atoms with E-state index in [4.69, 9.17) is 14.2 Å². The number of amides is 1. The van der Waals surface area contributed by atoms with Gasteiger partial charge in [-0.05, 0) is 49.4 Å². The third kappa shape index (κ3) is 7.08. The van der Waals surface area contributed by atoms with Gasteiger partial charge in [0.05, 0.1) is 18.7 Å². The minimum absolute atomic E-state index is 0.0226. The molecule has 0 spiro atoms. The highest BCUT2D eigenvalue weighted by molar-refractivity contribution is 5.77. The first-order valence-electron chi connectivity index (χ1n) is 8.31. The second kappa shape index (κ2) is 9.70. The first-order valence-corrected chi connectivity index (χ1v) is 8.31. The largest absolute Gasteiger partial charge is 0.494 e. The molecule has 0 aliphatic heterocycles. The van der Waals surface area contributed by atoms with Crippen molar-refractivity contribution in [1.82, 2.24) is 5.32 Å². The lowest BCUT2D eigenvalue weighted by Crippen LogP contribution is -2.32. The van der Waals surface area contributed by atoms with Gasteiger partial charge in [0.1, 0.15) is 23.9 Å². The SMILES string of the molecule is CCOc1ccc(OCCNC(=O)COc2cccc(C(F)(F)F)c2)cc1. The van der Waals surface area contributed by atoms with E-state index in [9.17, 15) is 18.0 Å². The minimum atomic E-state index is -4.46. The van der Waals surface area contributed by atoms with Crippen molar-refractivity contribution < 1.29 is 32.2 Å². The number of nitrogens with one attached hydrogen (secondary N) is 1. The summed E-state index contributed by atoms with van der Waals surface area (Å²) >= 11 is 0. The number of halogens is 3. The van der Waals surface area contributed by atoms with E-state index >= 15 is 0 Å². The van der Waals surface area contributed by atoms with Crippen LogP contribution in [0, 0.1) is 0 Å². The van der Waals surface area contributed by atoms with Crippen molar-refractivity contribution in [2.45, 2.75) is 13.1 Å². The Morgan fingerprint density at radius 3 is 2.26 bits per heavy atom. The number of carbonyl (C=O) groups excluding carboxylic acids is 1. The molecular weight excluding hydrogens is 363 g/mol. The van der Waals surface area contributed by atoms with Gasteiger partial charge in [0.2, 0.25) is 0 Å². The first-order chi connectivity index (χ1) is 12.9. The molecule has 2 rings (SSSR count). The molecule has 27 heavy (non-hydrogen) atoms. The molecule has 1 N–H and O–H groups in total. The third-order valence-corrected chi connectivity index (χ3v) is 3.36. The summed E-state index contributed by atoms with van der Waals surface area (Å²) in [6.45, 7) is 2.56. The van der Waals surface area contributed by atoms with Crippen LogP contribution in [0.5, 0.6) is 17.2 Å². The Balaban J connectivity index is 1.68. The summed E-state index contributed by atoms with van der Waals surface area (Å²) in [4.78, 5) is 11.7. The van der Waals surface area contributed by atoms with Gasteiger partial charge in [-0.2, -0.15) is 13.2 Å². The molecule has 0 atom stereocenters. The number of alkyl halides is 3. The molecule has 0 bridgehead atoms. The quantitative estimate of drug-likeness (QED) is 0.672. The summed E-state index contributed by atoms with van der Waals surface area (Å²) in [5.74, 6) is 0.895. The molecule has 2 aromatic rings. The Hall–Kier alpha value is -2.90. The Morgan fingerprint density at radius 1 is 0.963 bits per heavy atom. The molecule has 1 amide bonds. The second-order valence-electron chi connectivity index (χ2n) is 5.42. The minimum Gasteiger partial charge on any atom is -0.494 e. The third-order valence-electron chi connectivity index (χ3n) is 3.36. The molecule has 0 saturated carbocycles. The highest BCUT2D eigenvalue weighted by atomic mass is 19.4. The van der Waals surface area contributed by atoms with E-state index in [0.29, 0.717) is 12.4 Å². The maximum atomic E-state index is 12.6. The zero-order chi connectivity index (χ0) is 19.7. The van der Waals surface area contributed by atoms with Gasteiger partial charge in [0.15, 0.2) is 6.61 Å². The number of hydrogen-bond donors (Lipinski definition) is 1. The van der Waals surface area contributed by atoms with E-state index in [1.165, 1.54) is 12.1 Å². The van der Waals surface area contributed by atoms with E-state index in [1.54, 1.807) is 24.3 Å². The lowest BCUT2D eigenvalue weighted by atomic mass is 10.2. The summed E-state index contributed by atoms with van der Waals surface area (Å²) in [5.41, 5.74) is -0.829. The van der Waals surface area contributed by atoms with Gasteiger partial charge < -0.3 is 19.5 Å². The van der Waals surface area contributed by atoms with Gasteiger partial charge in [-0.3, -0.25) is 4.79 Å². The predicted octanol–water partition coefficient (Wildman–Crippen LogP) is 3.68. The molecule has 146 valence electrons. The van der Waals surface area contributed by atoms with E-state index in [2.05, 4.69) is 5.32 Å². The predicted molar refractivity (Wildman–Crippen MR) is 93.1 cm³/mol. The highest BCUT2D eigenvalue weighted by Gasteiger charge is 2.30. The standard InChI is InChI=1S/C19H20F3NO4/c1-2-25-15-6-8-16(9-7-15)26-11-10-23-18(24)13-27-17-5-3-4-14(12-17)19(20,21)22/h3-9,12H,2,10-11,13H2,1H3,(H,23,24). The van der Waals surface area contributed by atoms with Crippen LogP contribution in [0.25, 0.3) is 0 Å². The Morgan fingerprint density at radius 2 is 1.63 bits per heavy atom. The van der Waals surface area contributed by atoms with Gasteiger partial charge in [0.25, 0.3) is 5.91 Å². The molecule has 0 saturated heterocycles. The van der Waals surface area contributed by atoms with Crippen molar-refractivity contribution in [2.75, 3.05) is 26.4 Å². The molecule has 0 aliphatic carbocycles. The fourth-order valence-electron chi connectivity index (χ4n) is 2.12. The summed E-state index contributed by atoms with van der Waals surface area (Å²) in [7, 11) is 0. The van der Waals surface area contributed by atoms with Gasteiger partial charge >= 0.3 is 6.18 Å². The average Bonchev–Trinajstić information content (AvgIpc) is 2.65. The molecule has 0 heterocycles. The zero-order valence-corrected chi connectivity index (χ0v) is 14.7. The molecule has 2 aromatic carbocycles. The maximum absolute atomic E-state index is 12.6. The van der Waals surface area contributed by atoms with Crippen LogP contribution in [0.4, 0.5) is 13.2 Å². The number of benzene rings is 2. The Labute approximate surface area is 155 Å². The van der Waals surface area contributed by atoms with E-state index in [-0.39, 0.29) is 25.5 Å². The van der Waals surface area contributed by atoms with Gasteiger partial charge in [-0.15, -0.1) is 0 Å². The molecule has 0 unspecified atom stereocenters. The monoisotopic (exact) mass is 383 g/mol. The average molecular weight is 383 g/mol. The van der Waals surface area contributed by atoms with Crippen molar-refractivity contribution >= 4 is 5.91 Å². The zero-order valence-electron chi connectivity index (χ0n) is 14.7. The smallest absolute Gasteiger partial charge is 0.416 e. The molecular formula is C19H20F3NO4. The van der Waals surface area contributed by atoms with Crippen LogP contribution >= 0.6 is 0 Å². The fourth-order valence-corrected chi connectivity index (χ4v) is 2.12. The fraction of sp³-hybridized carbons (Fsp3) is 0.316. The van der Waals surface area contributed by atoms with Gasteiger partial charge in [-0.25, -0.2) is 0 Å². The van der Waals surface area contributed by atoms with Crippen LogP contribution in [0.3, 0.4) is 0 Å². The van der Waals surface area contributed by atoms with Crippen LogP contribution < -0.4 is 19.5 Å². The number of carbonyl (C=O) groups is 1. The van der Waals surface area contributed by atoms with Crippen molar-refractivity contribution in [3.8, 4) is 17.2 Å².